The first-order chi connectivity index (χ1) is 8.58. The van der Waals surface area contributed by atoms with Gasteiger partial charge in [-0.3, -0.25) is 0 Å². The van der Waals surface area contributed by atoms with Gasteiger partial charge >= 0.3 is 5.97 Å². The molecule has 0 amide bonds. The quantitative estimate of drug-likeness (QED) is 0.889. The molecule has 2 rings (SSSR count). The number of nitrogens with one attached hydrogen (secondary N) is 1. The number of benzene rings is 1. The molecule has 0 bridgehead atoms. The largest absolute Gasteiger partial charge is 0.475 e. The van der Waals surface area contributed by atoms with Crippen molar-refractivity contribution in [2.24, 2.45) is 0 Å². The molecule has 4 nitrogen and oxygen atoms in total. The van der Waals surface area contributed by atoms with Crippen LogP contribution in [0.4, 0.5) is 5.69 Å². The summed E-state index contributed by atoms with van der Waals surface area (Å²) in [5, 5.41) is 12.4. The van der Waals surface area contributed by atoms with E-state index in [9.17, 15) is 4.79 Å². The molecule has 0 atom stereocenters. The normalized spacial score (nSPS) is 10.3. The number of carboxylic acids is 1. The van der Waals surface area contributed by atoms with Crippen LogP contribution in [0.3, 0.4) is 0 Å². The lowest BCUT2D eigenvalue weighted by Crippen LogP contribution is -1.99. The first-order valence-corrected chi connectivity index (χ1v) is 6.25. The Morgan fingerprint density at radius 3 is 2.83 bits per heavy atom. The first-order valence-electron chi connectivity index (χ1n) is 5.08. The summed E-state index contributed by atoms with van der Waals surface area (Å²) in [6.45, 7) is 0.381. The summed E-state index contributed by atoms with van der Waals surface area (Å²) < 4.78 is 5.89. The van der Waals surface area contributed by atoms with E-state index in [0.717, 1.165) is 10.2 Å². The standard InChI is InChI=1S/C12H9BrClNO3/c13-11-8(14)2-1-3-9(11)15-6-7-4-5-10(18-7)12(16)17/h1-5,15H,6H2,(H,16,17). The molecule has 2 aromatic rings. The van der Waals surface area contributed by atoms with E-state index < -0.39 is 5.97 Å². The van der Waals surface area contributed by atoms with Gasteiger partial charge in [-0.2, -0.15) is 0 Å². The van der Waals surface area contributed by atoms with Crippen LogP contribution >= 0.6 is 27.5 Å². The molecule has 1 aromatic heterocycles. The Balaban J connectivity index is 2.07. The van der Waals surface area contributed by atoms with E-state index in [-0.39, 0.29) is 5.76 Å². The zero-order valence-electron chi connectivity index (χ0n) is 9.11. The van der Waals surface area contributed by atoms with E-state index in [1.54, 1.807) is 12.1 Å². The fourth-order valence-electron chi connectivity index (χ4n) is 1.41. The Morgan fingerprint density at radius 2 is 2.17 bits per heavy atom. The van der Waals surface area contributed by atoms with Crippen molar-refractivity contribution in [1.82, 2.24) is 0 Å². The van der Waals surface area contributed by atoms with E-state index in [4.69, 9.17) is 21.1 Å². The van der Waals surface area contributed by atoms with Gasteiger partial charge in [0.15, 0.2) is 0 Å². The van der Waals surface area contributed by atoms with E-state index in [2.05, 4.69) is 21.2 Å². The molecule has 0 radical (unpaired) electrons. The Morgan fingerprint density at radius 1 is 1.39 bits per heavy atom. The lowest BCUT2D eigenvalue weighted by atomic mass is 10.3. The molecule has 2 N–H and O–H groups in total. The van der Waals surface area contributed by atoms with E-state index in [1.807, 2.05) is 12.1 Å². The van der Waals surface area contributed by atoms with Crippen LogP contribution < -0.4 is 5.32 Å². The average Bonchev–Trinajstić information content (AvgIpc) is 2.80. The average molecular weight is 331 g/mol. The second kappa shape index (κ2) is 5.46. The molecular weight excluding hydrogens is 321 g/mol. The van der Waals surface area contributed by atoms with Gasteiger partial charge in [-0.1, -0.05) is 17.7 Å². The number of carbonyl (C=O) groups is 1. The summed E-state index contributed by atoms with van der Waals surface area (Å²) in [7, 11) is 0. The van der Waals surface area contributed by atoms with Crippen molar-refractivity contribution in [2.75, 3.05) is 5.32 Å². The zero-order valence-corrected chi connectivity index (χ0v) is 11.5. The molecule has 0 aliphatic rings. The van der Waals surface area contributed by atoms with Gasteiger partial charge < -0.3 is 14.8 Å². The van der Waals surface area contributed by atoms with Crippen molar-refractivity contribution in [1.29, 1.82) is 0 Å². The minimum Gasteiger partial charge on any atom is -0.475 e. The lowest BCUT2D eigenvalue weighted by Gasteiger charge is -2.07. The van der Waals surface area contributed by atoms with Crippen LogP contribution in [0.2, 0.25) is 5.02 Å². The lowest BCUT2D eigenvalue weighted by molar-refractivity contribution is 0.0660. The number of rotatable bonds is 4. The Labute approximate surface area is 117 Å². The molecule has 1 aromatic carbocycles. The first kappa shape index (κ1) is 13.0. The molecule has 94 valence electrons. The molecule has 0 saturated carbocycles. The Bertz CT molecular complexity index is 582. The van der Waals surface area contributed by atoms with Gasteiger partial charge in [0.1, 0.15) is 5.76 Å². The van der Waals surface area contributed by atoms with Crippen LogP contribution in [-0.2, 0) is 6.54 Å². The smallest absolute Gasteiger partial charge is 0.371 e. The molecule has 1 heterocycles. The van der Waals surface area contributed by atoms with Crippen molar-refractivity contribution in [3.8, 4) is 0 Å². The second-order valence-electron chi connectivity index (χ2n) is 3.53. The number of halogens is 2. The number of carboxylic acid groups (broad SMARTS) is 1. The zero-order chi connectivity index (χ0) is 13.1. The predicted octanol–water partition coefficient (Wildman–Crippen LogP) is 4.01. The van der Waals surface area contributed by atoms with Crippen molar-refractivity contribution in [3.05, 3.63) is 51.3 Å². The minimum atomic E-state index is -1.08. The summed E-state index contributed by atoms with van der Waals surface area (Å²) >= 11 is 9.32. The van der Waals surface area contributed by atoms with Crippen LogP contribution in [0.25, 0.3) is 0 Å². The second-order valence-corrected chi connectivity index (χ2v) is 4.73. The summed E-state index contributed by atoms with van der Waals surface area (Å²) in [6, 6.07) is 8.49. The fraction of sp³-hybridized carbons (Fsp3) is 0.0833. The van der Waals surface area contributed by atoms with E-state index in [1.165, 1.54) is 6.07 Å². The number of hydrogen-bond donors (Lipinski definition) is 2. The van der Waals surface area contributed by atoms with Gasteiger partial charge in [-0.15, -0.1) is 0 Å². The third kappa shape index (κ3) is 2.86. The number of hydrogen-bond acceptors (Lipinski definition) is 3. The van der Waals surface area contributed by atoms with Crippen LogP contribution in [-0.4, -0.2) is 11.1 Å². The highest BCUT2D eigenvalue weighted by Gasteiger charge is 2.09. The van der Waals surface area contributed by atoms with Crippen LogP contribution in [0.5, 0.6) is 0 Å². The van der Waals surface area contributed by atoms with Gasteiger partial charge in [0.25, 0.3) is 0 Å². The summed E-state index contributed by atoms with van der Waals surface area (Å²) in [6.07, 6.45) is 0. The van der Waals surface area contributed by atoms with Crippen LogP contribution in [0, 0.1) is 0 Å². The summed E-state index contributed by atoms with van der Waals surface area (Å²) in [5.41, 5.74) is 0.816. The van der Waals surface area contributed by atoms with Gasteiger partial charge in [-0.05, 0) is 40.2 Å². The van der Waals surface area contributed by atoms with Crippen molar-refractivity contribution in [2.45, 2.75) is 6.54 Å². The molecule has 6 heteroatoms. The molecule has 0 spiro atoms. The highest BCUT2D eigenvalue weighted by atomic mass is 79.9. The van der Waals surface area contributed by atoms with Crippen LogP contribution in [0.1, 0.15) is 16.3 Å². The monoisotopic (exact) mass is 329 g/mol. The van der Waals surface area contributed by atoms with Crippen molar-refractivity contribution in [3.63, 3.8) is 0 Å². The van der Waals surface area contributed by atoms with Gasteiger partial charge in [0.05, 0.1) is 21.7 Å². The maximum absolute atomic E-state index is 10.6. The van der Waals surface area contributed by atoms with Gasteiger partial charge in [-0.25, -0.2) is 4.79 Å². The highest BCUT2D eigenvalue weighted by Crippen LogP contribution is 2.30. The van der Waals surface area contributed by atoms with Crippen molar-refractivity contribution < 1.29 is 14.3 Å². The predicted molar refractivity (Wildman–Crippen MR) is 72.1 cm³/mol. The van der Waals surface area contributed by atoms with Crippen LogP contribution in [0.15, 0.2) is 39.2 Å². The summed E-state index contributed by atoms with van der Waals surface area (Å²) in [4.78, 5) is 10.6. The SMILES string of the molecule is O=C(O)c1ccc(CNc2cccc(Cl)c2Br)o1. The molecule has 0 saturated heterocycles. The van der Waals surface area contributed by atoms with Gasteiger partial charge in [0.2, 0.25) is 5.76 Å². The Hall–Kier alpha value is -1.46. The number of anilines is 1. The van der Waals surface area contributed by atoms with Gasteiger partial charge in [0, 0.05) is 0 Å². The maximum atomic E-state index is 10.6. The molecule has 0 aliphatic heterocycles. The highest BCUT2D eigenvalue weighted by molar-refractivity contribution is 9.10. The Kier molecular flexibility index (Phi) is 3.93. The number of furan rings is 1. The molecule has 0 fully saturated rings. The van der Waals surface area contributed by atoms with E-state index in [0.29, 0.717) is 17.3 Å². The molecule has 0 aliphatic carbocycles. The molecule has 18 heavy (non-hydrogen) atoms. The fourth-order valence-corrected chi connectivity index (χ4v) is 1.99. The summed E-state index contributed by atoms with van der Waals surface area (Å²) in [5.74, 6) is -0.610. The minimum absolute atomic E-state index is 0.0723. The van der Waals surface area contributed by atoms with Crippen molar-refractivity contribution >= 4 is 39.2 Å². The third-order valence-electron chi connectivity index (χ3n) is 2.28. The molecular formula is C12H9BrClNO3. The van der Waals surface area contributed by atoms with E-state index >= 15 is 0 Å². The maximum Gasteiger partial charge on any atom is 0.371 e. The third-order valence-corrected chi connectivity index (χ3v) is 3.67. The molecule has 0 unspecified atom stereocenters. The number of aromatic carboxylic acids is 1. The topological polar surface area (TPSA) is 62.5 Å².